The Labute approximate surface area is 164 Å². The number of carbonyl (C=O) groups is 1. The maximum Gasteiger partial charge on any atom is 0.299 e. The third kappa shape index (κ3) is 4.46. The second-order valence-corrected chi connectivity index (χ2v) is 8.54. The highest BCUT2D eigenvalue weighted by atomic mass is 35.5. The second kappa shape index (κ2) is 8.09. The van der Waals surface area contributed by atoms with Crippen LogP contribution in [0.2, 0.25) is 10.0 Å². The molecule has 0 bridgehead atoms. The van der Waals surface area contributed by atoms with E-state index in [1.807, 2.05) is 32.9 Å². The minimum atomic E-state index is -4.25. The van der Waals surface area contributed by atoms with Crippen LogP contribution in [0.5, 0.6) is 0 Å². The molecule has 0 heterocycles. The lowest BCUT2D eigenvalue weighted by Gasteiger charge is -2.18. The minimum Gasteiger partial charge on any atom is -0.291 e. The van der Waals surface area contributed by atoms with E-state index in [0.29, 0.717) is 5.56 Å². The van der Waals surface area contributed by atoms with Crippen LogP contribution in [0.3, 0.4) is 0 Å². The van der Waals surface area contributed by atoms with Crippen LogP contribution in [0.4, 0.5) is 0 Å². The van der Waals surface area contributed by atoms with E-state index in [9.17, 15) is 13.2 Å². The summed E-state index contributed by atoms with van der Waals surface area (Å²) in [5.41, 5.74) is 3.08. The Hall–Kier alpha value is -1.40. The monoisotopic (exact) mass is 414 g/mol. The van der Waals surface area contributed by atoms with Crippen LogP contribution in [-0.2, 0) is 14.3 Å². The maximum absolute atomic E-state index is 12.9. The Balaban J connectivity index is 2.40. The lowest BCUT2D eigenvalue weighted by atomic mass is 9.93. The highest BCUT2D eigenvalue weighted by Crippen LogP contribution is 2.29. The molecule has 1 unspecified atom stereocenters. The Bertz CT molecular complexity index is 929. The van der Waals surface area contributed by atoms with Gasteiger partial charge in [-0.3, -0.25) is 8.98 Å². The Morgan fingerprint density at radius 1 is 1.08 bits per heavy atom. The van der Waals surface area contributed by atoms with Crippen LogP contribution >= 0.6 is 23.2 Å². The quantitative estimate of drug-likeness (QED) is 0.476. The first-order valence-corrected chi connectivity index (χ1v) is 10.2. The smallest absolute Gasteiger partial charge is 0.291 e. The molecule has 4 nitrogen and oxygen atoms in total. The Morgan fingerprint density at radius 2 is 1.65 bits per heavy atom. The number of benzene rings is 2. The molecule has 140 valence electrons. The molecule has 7 heteroatoms. The predicted octanol–water partition coefficient (Wildman–Crippen LogP) is 5.29. The van der Waals surface area contributed by atoms with Crippen molar-refractivity contribution in [3.63, 3.8) is 0 Å². The standard InChI is InChI=1S/C19H20Cl2O4S/c1-5-16(19(22)18-12(3)8-11(2)9-13(18)4)25-26(23,24)17-10-14(20)6-7-15(17)21/h6-10,16H,5H2,1-4H3. The van der Waals surface area contributed by atoms with Crippen molar-refractivity contribution in [3.8, 4) is 0 Å². The van der Waals surface area contributed by atoms with E-state index in [1.54, 1.807) is 6.92 Å². The molecule has 0 aliphatic heterocycles. The van der Waals surface area contributed by atoms with Gasteiger partial charge in [0.1, 0.15) is 11.0 Å². The average Bonchev–Trinajstić information content (AvgIpc) is 2.53. The van der Waals surface area contributed by atoms with E-state index in [0.717, 1.165) is 16.7 Å². The van der Waals surface area contributed by atoms with Crippen LogP contribution in [0.15, 0.2) is 35.2 Å². The van der Waals surface area contributed by atoms with Crippen molar-refractivity contribution in [3.05, 3.63) is 62.6 Å². The second-order valence-electron chi connectivity index (χ2n) is 6.16. The van der Waals surface area contributed by atoms with Gasteiger partial charge < -0.3 is 0 Å². The van der Waals surface area contributed by atoms with Gasteiger partial charge in [0.15, 0.2) is 5.78 Å². The largest absolute Gasteiger partial charge is 0.299 e. The van der Waals surface area contributed by atoms with Crippen molar-refractivity contribution in [2.45, 2.75) is 45.1 Å². The van der Waals surface area contributed by atoms with Gasteiger partial charge in [0.25, 0.3) is 10.1 Å². The molecule has 0 saturated heterocycles. The number of aryl methyl sites for hydroxylation is 3. The number of hydrogen-bond acceptors (Lipinski definition) is 4. The highest BCUT2D eigenvalue weighted by Gasteiger charge is 2.30. The number of hydrogen-bond donors (Lipinski definition) is 0. The van der Waals surface area contributed by atoms with Crippen LogP contribution in [0.1, 0.15) is 40.4 Å². The van der Waals surface area contributed by atoms with Gasteiger partial charge in [0.05, 0.1) is 5.02 Å². The molecule has 2 aromatic rings. The van der Waals surface area contributed by atoms with Gasteiger partial charge >= 0.3 is 0 Å². The van der Waals surface area contributed by atoms with E-state index in [1.165, 1.54) is 18.2 Å². The van der Waals surface area contributed by atoms with Gasteiger partial charge in [-0.2, -0.15) is 8.42 Å². The topological polar surface area (TPSA) is 60.4 Å². The third-order valence-corrected chi connectivity index (χ3v) is 6.03. The first-order chi connectivity index (χ1) is 12.1. The molecule has 2 aromatic carbocycles. The summed E-state index contributed by atoms with van der Waals surface area (Å²) in [5, 5.41) is 0.195. The Kier molecular flexibility index (Phi) is 6.51. The van der Waals surface area contributed by atoms with Gasteiger partial charge in [0, 0.05) is 10.6 Å². The van der Waals surface area contributed by atoms with Crippen molar-refractivity contribution >= 4 is 39.1 Å². The summed E-state index contributed by atoms with van der Waals surface area (Å²) < 4.78 is 30.5. The zero-order valence-corrected chi connectivity index (χ0v) is 17.3. The summed E-state index contributed by atoms with van der Waals surface area (Å²) in [6, 6.07) is 7.82. The lowest BCUT2D eigenvalue weighted by Crippen LogP contribution is -2.28. The number of ketones is 1. The van der Waals surface area contributed by atoms with Crippen LogP contribution in [0, 0.1) is 20.8 Å². The van der Waals surface area contributed by atoms with Crippen molar-refractivity contribution in [1.29, 1.82) is 0 Å². The van der Waals surface area contributed by atoms with Gasteiger partial charge in [-0.15, -0.1) is 0 Å². The molecule has 2 rings (SSSR count). The molecule has 0 radical (unpaired) electrons. The summed E-state index contributed by atoms with van der Waals surface area (Å²) in [6.07, 6.45) is -0.946. The van der Waals surface area contributed by atoms with E-state index in [4.69, 9.17) is 27.4 Å². The zero-order chi connectivity index (χ0) is 19.6. The van der Waals surface area contributed by atoms with Crippen LogP contribution in [-0.4, -0.2) is 20.3 Å². The summed E-state index contributed by atoms with van der Waals surface area (Å²) in [4.78, 5) is 12.7. The van der Waals surface area contributed by atoms with Crippen molar-refractivity contribution in [2.24, 2.45) is 0 Å². The van der Waals surface area contributed by atoms with Crippen molar-refractivity contribution in [1.82, 2.24) is 0 Å². The summed E-state index contributed by atoms with van der Waals surface area (Å²) >= 11 is 11.8. The molecule has 0 fully saturated rings. The van der Waals surface area contributed by atoms with E-state index in [2.05, 4.69) is 0 Å². The Morgan fingerprint density at radius 3 is 2.19 bits per heavy atom. The van der Waals surface area contributed by atoms with Crippen LogP contribution < -0.4 is 0 Å². The summed E-state index contributed by atoms with van der Waals surface area (Å²) in [6.45, 7) is 7.27. The molecule has 0 spiro atoms. The highest BCUT2D eigenvalue weighted by molar-refractivity contribution is 7.87. The fourth-order valence-electron chi connectivity index (χ4n) is 2.90. The molecule has 1 atom stereocenters. The molecule has 0 amide bonds. The molecular weight excluding hydrogens is 395 g/mol. The van der Waals surface area contributed by atoms with Gasteiger partial charge in [-0.05, 0) is 56.5 Å². The van der Waals surface area contributed by atoms with Gasteiger partial charge in [-0.1, -0.05) is 47.8 Å². The zero-order valence-electron chi connectivity index (χ0n) is 15.0. The fraction of sp³-hybridized carbons (Fsp3) is 0.316. The number of rotatable bonds is 6. The van der Waals surface area contributed by atoms with Crippen molar-refractivity contribution < 1.29 is 17.4 Å². The van der Waals surface area contributed by atoms with Gasteiger partial charge in [-0.25, -0.2) is 0 Å². The first kappa shape index (κ1) is 20.9. The first-order valence-electron chi connectivity index (χ1n) is 8.07. The molecule has 26 heavy (non-hydrogen) atoms. The third-order valence-electron chi connectivity index (χ3n) is 3.99. The molecule has 0 aliphatic rings. The molecular formula is C19H20Cl2O4S. The van der Waals surface area contributed by atoms with Crippen LogP contribution in [0.25, 0.3) is 0 Å². The SMILES string of the molecule is CCC(OS(=O)(=O)c1cc(Cl)ccc1Cl)C(=O)c1c(C)cc(C)cc1C. The van der Waals surface area contributed by atoms with Crippen molar-refractivity contribution in [2.75, 3.05) is 0 Å². The number of Topliss-reactive ketones (excluding diaryl/α,β-unsaturated/α-hetero) is 1. The van der Waals surface area contributed by atoms with Gasteiger partial charge in [0.2, 0.25) is 0 Å². The molecule has 0 saturated carbocycles. The predicted molar refractivity (Wildman–Crippen MR) is 104 cm³/mol. The lowest BCUT2D eigenvalue weighted by molar-refractivity contribution is 0.0794. The molecule has 0 aliphatic carbocycles. The summed E-state index contributed by atoms with van der Waals surface area (Å²) in [7, 11) is -4.25. The number of carbonyl (C=O) groups excluding carboxylic acids is 1. The number of halogens is 2. The van der Waals surface area contributed by atoms with E-state index >= 15 is 0 Å². The molecule has 0 N–H and O–H groups in total. The van der Waals surface area contributed by atoms with E-state index in [-0.39, 0.29) is 27.1 Å². The normalized spacial score (nSPS) is 12.8. The average molecular weight is 415 g/mol. The molecule has 0 aromatic heterocycles. The summed E-state index contributed by atoms with van der Waals surface area (Å²) in [5.74, 6) is -0.371. The maximum atomic E-state index is 12.9. The minimum absolute atomic E-state index is 0.0144. The van der Waals surface area contributed by atoms with E-state index < -0.39 is 16.2 Å². The fourth-order valence-corrected chi connectivity index (χ4v) is 4.75.